The van der Waals surface area contributed by atoms with Crippen molar-refractivity contribution in [3.63, 3.8) is 0 Å². The van der Waals surface area contributed by atoms with E-state index < -0.39 is 11.5 Å². The van der Waals surface area contributed by atoms with Gasteiger partial charge in [-0.25, -0.2) is 15.0 Å². The molecule has 2 aliphatic heterocycles. The molecule has 0 spiro atoms. The molecule has 2 aliphatic rings. The maximum atomic E-state index is 12.4. The van der Waals surface area contributed by atoms with Crippen LogP contribution in [0, 0.1) is 6.92 Å². The van der Waals surface area contributed by atoms with Gasteiger partial charge >= 0.3 is 0 Å². The minimum Gasteiger partial charge on any atom is -0.373 e. The molecule has 12 nitrogen and oxygen atoms in total. The van der Waals surface area contributed by atoms with Crippen molar-refractivity contribution < 1.29 is 14.4 Å². The van der Waals surface area contributed by atoms with Gasteiger partial charge < -0.3 is 24.7 Å². The van der Waals surface area contributed by atoms with Gasteiger partial charge in [-0.1, -0.05) is 11.2 Å². The predicted octanol–water partition coefficient (Wildman–Crippen LogP) is 2.76. The molecule has 4 aromatic heterocycles. The second kappa shape index (κ2) is 9.86. The predicted molar refractivity (Wildman–Crippen MR) is 143 cm³/mol. The summed E-state index contributed by atoms with van der Waals surface area (Å²) in [7, 11) is 3.80. The highest BCUT2D eigenvalue weighted by molar-refractivity contribution is 5.87. The van der Waals surface area contributed by atoms with E-state index in [9.17, 15) is 9.90 Å². The first-order chi connectivity index (χ1) is 18.8. The zero-order chi connectivity index (χ0) is 27.1. The topological polar surface area (TPSA) is 138 Å². The van der Waals surface area contributed by atoms with Crippen LogP contribution in [-0.2, 0) is 10.4 Å². The Morgan fingerprint density at radius 3 is 2.54 bits per heavy atom. The van der Waals surface area contributed by atoms with Crippen molar-refractivity contribution in [3.8, 4) is 22.8 Å². The monoisotopic (exact) mass is 529 g/mol. The maximum absolute atomic E-state index is 12.4. The van der Waals surface area contributed by atoms with E-state index in [4.69, 9.17) is 14.6 Å². The van der Waals surface area contributed by atoms with Crippen molar-refractivity contribution in [2.45, 2.75) is 37.8 Å². The van der Waals surface area contributed by atoms with E-state index in [0.717, 1.165) is 37.3 Å². The zero-order valence-electron chi connectivity index (χ0n) is 22.2. The Morgan fingerprint density at radius 2 is 1.79 bits per heavy atom. The van der Waals surface area contributed by atoms with Crippen molar-refractivity contribution in [2.75, 3.05) is 39.0 Å². The first-order valence-corrected chi connectivity index (χ1v) is 13.1. The van der Waals surface area contributed by atoms with Gasteiger partial charge in [0.15, 0.2) is 5.76 Å². The molecule has 1 atom stereocenters. The summed E-state index contributed by atoms with van der Waals surface area (Å²) in [4.78, 5) is 30.0. The van der Waals surface area contributed by atoms with Crippen LogP contribution in [0.15, 0.2) is 47.2 Å². The zero-order valence-corrected chi connectivity index (χ0v) is 22.2. The molecule has 0 aliphatic carbocycles. The van der Waals surface area contributed by atoms with Gasteiger partial charge in [-0.2, -0.15) is 5.10 Å². The van der Waals surface area contributed by atoms with Crippen LogP contribution in [-0.4, -0.2) is 84.4 Å². The Kier molecular flexibility index (Phi) is 6.35. The van der Waals surface area contributed by atoms with Crippen LogP contribution in [0.3, 0.4) is 0 Å². The van der Waals surface area contributed by atoms with Gasteiger partial charge in [0.2, 0.25) is 11.5 Å². The summed E-state index contributed by atoms with van der Waals surface area (Å²) in [6.07, 6.45) is 6.11. The van der Waals surface area contributed by atoms with Crippen molar-refractivity contribution in [2.24, 2.45) is 0 Å². The average molecular weight is 530 g/mol. The molecule has 0 saturated carbocycles. The molecule has 0 aromatic carbocycles. The normalized spacial score (nSPS) is 20.6. The number of anilines is 2. The summed E-state index contributed by atoms with van der Waals surface area (Å²) in [6, 6.07) is 9.24. The molecule has 4 aromatic rings. The third-order valence-corrected chi connectivity index (χ3v) is 7.58. The number of pyridine rings is 1. The number of hydrogen-bond donors (Lipinski definition) is 2. The molecule has 12 heteroatoms. The van der Waals surface area contributed by atoms with Crippen molar-refractivity contribution in [1.82, 2.24) is 39.7 Å². The van der Waals surface area contributed by atoms with E-state index >= 15 is 0 Å². The largest absolute Gasteiger partial charge is 0.373 e. The van der Waals surface area contributed by atoms with Crippen molar-refractivity contribution in [1.29, 1.82) is 0 Å². The summed E-state index contributed by atoms with van der Waals surface area (Å²) < 4.78 is 7.44. The minimum absolute atomic E-state index is 0.115. The van der Waals surface area contributed by atoms with Gasteiger partial charge in [-0.3, -0.25) is 9.48 Å². The second-order valence-electron chi connectivity index (χ2n) is 10.4. The SMILES string of the molecule is Cc1nn(C2CCN(C)CC2)cc1Nc1nccc(-c2cccc(-c3cc([C@]4(O)CCN(C)C4=O)on3)n2)n1. The summed E-state index contributed by atoms with van der Waals surface area (Å²) in [5.41, 5.74) is 2.26. The minimum atomic E-state index is -1.70. The van der Waals surface area contributed by atoms with E-state index in [0.29, 0.717) is 41.3 Å². The summed E-state index contributed by atoms with van der Waals surface area (Å²) >= 11 is 0. The van der Waals surface area contributed by atoms with Gasteiger partial charge in [0, 0.05) is 38.5 Å². The number of likely N-dealkylation sites (tertiary alicyclic amines) is 2. The third-order valence-electron chi connectivity index (χ3n) is 7.58. The van der Waals surface area contributed by atoms with Crippen LogP contribution in [0.4, 0.5) is 11.6 Å². The molecule has 6 heterocycles. The van der Waals surface area contributed by atoms with Gasteiger partial charge in [0.1, 0.15) is 5.69 Å². The number of nitrogens with one attached hydrogen (secondary N) is 1. The highest BCUT2D eigenvalue weighted by atomic mass is 16.5. The fraction of sp³-hybridized carbons (Fsp3) is 0.407. The Bertz CT molecular complexity index is 1510. The first kappa shape index (κ1) is 25.1. The van der Waals surface area contributed by atoms with E-state index in [1.807, 2.05) is 25.3 Å². The van der Waals surface area contributed by atoms with Crippen LogP contribution in [0.1, 0.15) is 36.8 Å². The second-order valence-corrected chi connectivity index (χ2v) is 10.4. The van der Waals surface area contributed by atoms with Gasteiger partial charge in [-0.05, 0) is 58.1 Å². The standard InChI is InChI=1S/C27H31N9O3/c1-17-23(16-36(32-17)18-8-12-34(2)13-9-18)31-26-28-11-7-21(30-26)19-5-4-6-20(29-19)22-15-24(39-33-22)27(38)10-14-35(3)25(27)37/h4-7,11,15-16,18,38H,8-10,12-14H2,1-3H3,(H,28,30,31)/t27-/m1/s1. The number of carbonyl (C=O) groups is 1. The molecule has 0 bridgehead atoms. The van der Waals surface area contributed by atoms with E-state index in [2.05, 4.69) is 37.1 Å². The number of amides is 1. The number of rotatable bonds is 6. The molecule has 2 fully saturated rings. The summed E-state index contributed by atoms with van der Waals surface area (Å²) in [6.45, 7) is 4.55. The number of piperidine rings is 1. The molecular weight excluding hydrogens is 498 g/mol. The fourth-order valence-corrected chi connectivity index (χ4v) is 5.13. The Hall–Kier alpha value is -4.16. The number of nitrogens with zero attached hydrogens (tertiary/aromatic N) is 8. The van der Waals surface area contributed by atoms with Crippen LogP contribution < -0.4 is 5.32 Å². The highest BCUT2D eigenvalue weighted by Crippen LogP contribution is 2.34. The van der Waals surface area contributed by atoms with Crippen molar-refractivity contribution >= 4 is 17.5 Å². The molecule has 39 heavy (non-hydrogen) atoms. The van der Waals surface area contributed by atoms with Crippen LogP contribution in [0.5, 0.6) is 0 Å². The lowest BCUT2D eigenvalue weighted by Crippen LogP contribution is -2.35. The maximum Gasteiger partial charge on any atom is 0.262 e. The lowest BCUT2D eigenvalue weighted by molar-refractivity contribution is -0.144. The van der Waals surface area contributed by atoms with Gasteiger partial charge in [0.05, 0.1) is 34.5 Å². The average Bonchev–Trinajstić information content (AvgIpc) is 3.65. The third kappa shape index (κ3) is 4.77. The Balaban J connectivity index is 1.21. The van der Waals surface area contributed by atoms with E-state index in [-0.39, 0.29) is 12.2 Å². The first-order valence-electron chi connectivity index (χ1n) is 13.1. The smallest absolute Gasteiger partial charge is 0.262 e. The fourth-order valence-electron chi connectivity index (χ4n) is 5.13. The van der Waals surface area contributed by atoms with Crippen LogP contribution in [0.2, 0.25) is 0 Å². The number of carbonyl (C=O) groups excluding carboxylic acids is 1. The lowest BCUT2D eigenvalue weighted by atomic mass is 9.98. The highest BCUT2D eigenvalue weighted by Gasteiger charge is 2.48. The van der Waals surface area contributed by atoms with E-state index in [1.54, 1.807) is 31.4 Å². The van der Waals surface area contributed by atoms with Crippen LogP contribution in [0.25, 0.3) is 22.8 Å². The molecule has 2 saturated heterocycles. The number of hydrogen-bond acceptors (Lipinski definition) is 10. The van der Waals surface area contributed by atoms with Gasteiger partial charge in [0.25, 0.3) is 5.91 Å². The number of aromatic nitrogens is 6. The number of aryl methyl sites for hydroxylation is 1. The van der Waals surface area contributed by atoms with Crippen molar-refractivity contribution in [3.05, 3.63) is 54.2 Å². The van der Waals surface area contributed by atoms with Crippen LogP contribution >= 0.6 is 0 Å². The van der Waals surface area contributed by atoms with E-state index in [1.165, 1.54) is 4.90 Å². The lowest BCUT2D eigenvalue weighted by Gasteiger charge is -2.28. The molecule has 1 amide bonds. The molecule has 0 unspecified atom stereocenters. The number of likely N-dealkylation sites (N-methyl/N-ethyl adjacent to an activating group) is 1. The Morgan fingerprint density at radius 1 is 1.05 bits per heavy atom. The molecule has 6 rings (SSSR count). The quantitative estimate of drug-likeness (QED) is 0.383. The number of aliphatic hydroxyl groups is 1. The Labute approximate surface area is 225 Å². The molecule has 202 valence electrons. The van der Waals surface area contributed by atoms with Gasteiger partial charge in [-0.15, -0.1) is 0 Å². The molecule has 2 N–H and O–H groups in total. The molecular formula is C27H31N9O3. The summed E-state index contributed by atoms with van der Waals surface area (Å²) in [5, 5.41) is 23.0. The molecule has 0 radical (unpaired) electrons. The summed E-state index contributed by atoms with van der Waals surface area (Å²) in [5.74, 6) is 0.157.